The maximum Gasteiger partial charge on any atom is 0.411 e. The topological polar surface area (TPSA) is 93.1 Å². The number of methoxy groups -OCH3 is 1. The first-order chi connectivity index (χ1) is 9.14. The van der Waals surface area contributed by atoms with Gasteiger partial charge in [0.25, 0.3) is 0 Å². The first kappa shape index (κ1) is 16.3. The number of nitrogens with zero attached hydrogens (tertiary/aromatic N) is 1. The summed E-state index contributed by atoms with van der Waals surface area (Å²) >= 11 is 0. The second-order valence-corrected chi connectivity index (χ2v) is 5.87. The smallest absolute Gasteiger partial charge is 0.411 e. The molecular weight excluding hydrogens is 266 g/mol. The van der Waals surface area contributed by atoms with Gasteiger partial charge in [0.05, 0.1) is 13.5 Å². The molecule has 7 nitrogen and oxygen atoms in total. The number of carbonyl (C=O) groups excluding carboxylic acids is 2. The van der Waals surface area contributed by atoms with Crippen molar-refractivity contribution in [1.82, 2.24) is 4.90 Å². The summed E-state index contributed by atoms with van der Waals surface area (Å²) in [6.45, 7) is 5.31. The van der Waals surface area contributed by atoms with E-state index in [1.54, 1.807) is 20.8 Å². The molecule has 1 aliphatic rings. The highest BCUT2D eigenvalue weighted by molar-refractivity contribution is 5.81. The number of amides is 1. The molecule has 0 radical (unpaired) electrons. The summed E-state index contributed by atoms with van der Waals surface area (Å²) in [7, 11) is 1.28. The van der Waals surface area contributed by atoms with Crippen LogP contribution in [0.2, 0.25) is 0 Å². The lowest BCUT2D eigenvalue weighted by atomic mass is 10.0. The van der Waals surface area contributed by atoms with Gasteiger partial charge >= 0.3 is 18.0 Å². The molecule has 0 aromatic heterocycles. The van der Waals surface area contributed by atoms with Gasteiger partial charge in [-0.05, 0) is 33.1 Å². The van der Waals surface area contributed by atoms with Gasteiger partial charge in [0.2, 0.25) is 0 Å². The number of ether oxygens (including phenoxy) is 2. The molecule has 0 aliphatic carbocycles. The normalized spacial score (nSPS) is 22.5. The van der Waals surface area contributed by atoms with Crippen LogP contribution in [0.15, 0.2) is 0 Å². The quantitative estimate of drug-likeness (QED) is 0.785. The summed E-state index contributed by atoms with van der Waals surface area (Å²) in [5, 5.41) is 9.17. The number of rotatable bonds is 3. The molecule has 1 N–H and O–H groups in total. The highest BCUT2D eigenvalue weighted by Gasteiger charge is 2.42. The lowest BCUT2D eigenvalue weighted by Crippen LogP contribution is -2.43. The molecule has 2 atom stereocenters. The van der Waals surface area contributed by atoms with Gasteiger partial charge in [-0.25, -0.2) is 9.59 Å². The van der Waals surface area contributed by atoms with Crippen molar-refractivity contribution >= 4 is 18.0 Å². The maximum absolute atomic E-state index is 12.0. The van der Waals surface area contributed by atoms with E-state index in [0.717, 1.165) is 0 Å². The van der Waals surface area contributed by atoms with Gasteiger partial charge in [-0.3, -0.25) is 9.69 Å². The lowest BCUT2D eigenvalue weighted by molar-refractivity contribution is -0.143. The van der Waals surface area contributed by atoms with Crippen molar-refractivity contribution in [1.29, 1.82) is 0 Å². The predicted octanol–water partition coefficient (Wildman–Crippen LogP) is 1.26. The van der Waals surface area contributed by atoms with Crippen molar-refractivity contribution < 1.29 is 29.0 Å². The van der Waals surface area contributed by atoms with Crippen molar-refractivity contribution in [2.45, 2.75) is 45.3 Å². The molecule has 0 spiro atoms. The average molecular weight is 287 g/mol. The van der Waals surface area contributed by atoms with E-state index in [0.29, 0.717) is 0 Å². The van der Waals surface area contributed by atoms with E-state index in [-0.39, 0.29) is 25.3 Å². The molecule has 1 aliphatic heterocycles. The summed E-state index contributed by atoms with van der Waals surface area (Å²) in [5.74, 6) is -1.73. The third-order valence-corrected chi connectivity index (χ3v) is 2.98. The molecule has 114 valence electrons. The highest BCUT2D eigenvalue weighted by Crippen LogP contribution is 2.28. The molecule has 0 aromatic rings. The van der Waals surface area contributed by atoms with Gasteiger partial charge in [0, 0.05) is 6.54 Å². The van der Waals surface area contributed by atoms with Crippen LogP contribution in [0.5, 0.6) is 0 Å². The van der Waals surface area contributed by atoms with Gasteiger partial charge in [0.15, 0.2) is 0 Å². The van der Waals surface area contributed by atoms with Crippen LogP contribution in [-0.4, -0.2) is 53.3 Å². The molecule has 0 unspecified atom stereocenters. The van der Waals surface area contributed by atoms with Gasteiger partial charge in [-0.1, -0.05) is 0 Å². The van der Waals surface area contributed by atoms with Gasteiger partial charge in [-0.15, -0.1) is 0 Å². The zero-order chi connectivity index (χ0) is 15.5. The second kappa shape index (κ2) is 6.11. The first-order valence-corrected chi connectivity index (χ1v) is 6.43. The van der Waals surface area contributed by atoms with Crippen molar-refractivity contribution in [3.05, 3.63) is 0 Å². The Labute approximate surface area is 117 Å². The Kier molecular flexibility index (Phi) is 4.97. The predicted molar refractivity (Wildman–Crippen MR) is 69.1 cm³/mol. The largest absolute Gasteiger partial charge is 0.480 e. The van der Waals surface area contributed by atoms with E-state index >= 15 is 0 Å². The molecule has 1 saturated heterocycles. The number of aliphatic carboxylic acids is 1. The summed E-state index contributed by atoms with van der Waals surface area (Å²) in [5.41, 5.74) is -0.694. The Balaban J connectivity index is 2.75. The molecule has 0 bridgehead atoms. The number of esters is 1. The molecule has 7 heteroatoms. The first-order valence-electron chi connectivity index (χ1n) is 6.43. The minimum atomic E-state index is -1.09. The van der Waals surface area contributed by atoms with E-state index in [2.05, 4.69) is 4.74 Å². The van der Waals surface area contributed by atoms with E-state index in [1.807, 2.05) is 0 Å². The molecule has 1 amide bonds. The Morgan fingerprint density at radius 1 is 1.30 bits per heavy atom. The monoisotopic (exact) mass is 287 g/mol. The fourth-order valence-corrected chi connectivity index (χ4v) is 2.15. The zero-order valence-electron chi connectivity index (χ0n) is 12.2. The van der Waals surface area contributed by atoms with Crippen molar-refractivity contribution in [3.63, 3.8) is 0 Å². The zero-order valence-corrected chi connectivity index (χ0v) is 12.2. The fraction of sp³-hybridized carbons (Fsp3) is 0.769. The third kappa shape index (κ3) is 4.40. The van der Waals surface area contributed by atoms with Crippen LogP contribution < -0.4 is 0 Å². The van der Waals surface area contributed by atoms with Crippen molar-refractivity contribution in [3.8, 4) is 0 Å². The average Bonchev–Trinajstić information content (AvgIpc) is 2.70. The Hall–Kier alpha value is -1.79. The van der Waals surface area contributed by atoms with Gasteiger partial charge in [0.1, 0.15) is 11.6 Å². The standard InChI is InChI=1S/C13H21NO6/c1-13(2,3)20-12(18)14-7-8(6-10(15)19-4)5-9(14)11(16)17/h8-9H,5-7H2,1-4H3,(H,16,17)/t8-,9+/m1/s1. The number of carboxylic acid groups (broad SMARTS) is 1. The van der Waals surface area contributed by atoms with Crippen LogP contribution in [0.1, 0.15) is 33.6 Å². The van der Waals surface area contributed by atoms with E-state index in [1.165, 1.54) is 12.0 Å². The number of carboxylic acids is 1. The lowest BCUT2D eigenvalue weighted by Gasteiger charge is -2.26. The van der Waals surface area contributed by atoms with Crippen LogP contribution >= 0.6 is 0 Å². The number of hydrogen-bond acceptors (Lipinski definition) is 5. The summed E-state index contributed by atoms with van der Waals surface area (Å²) < 4.78 is 9.75. The summed E-state index contributed by atoms with van der Waals surface area (Å²) in [4.78, 5) is 35.6. The second-order valence-electron chi connectivity index (χ2n) is 5.87. The van der Waals surface area contributed by atoms with Crippen LogP contribution in [0.25, 0.3) is 0 Å². The number of carbonyl (C=O) groups is 3. The highest BCUT2D eigenvalue weighted by atomic mass is 16.6. The number of hydrogen-bond donors (Lipinski definition) is 1. The maximum atomic E-state index is 12.0. The van der Waals surface area contributed by atoms with E-state index < -0.39 is 29.7 Å². The molecule has 20 heavy (non-hydrogen) atoms. The minimum Gasteiger partial charge on any atom is -0.480 e. The Morgan fingerprint density at radius 2 is 1.90 bits per heavy atom. The fourth-order valence-electron chi connectivity index (χ4n) is 2.15. The summed E-state index contributed by atoms with van der Waals surface area (Å²) in [6, 6.07) is -0.959. The van der Waals surface area contributed by atoms with Gasteiger partial charge in [-0.2, -0.15) is 0 Å². The van der Waals surface area contributed by atoms with Crippen LogP contribution in [-0.2, 0) is 19.1 Å². The van der Waals surface area contributed by atoms with Crippen LogP contribution in [0.4, 0.5) is 4.79 Å². The minimum absolute atomic E-state index is 0.0968. The van der Waals surface area contributed by atoms with Crippen molar-refractivity contribution in [2.75, 3.05) is 13.7 Å². The van der Waals surface area contributed by atoms with E-state index in [4.69, 9.17) is 4.74 Å². The van der Waals surface area contributed by atoms with Crippen molar-refractivity contribution in [2.24, 2.45) is 5.92 Å². The molecule has 1 heterocycles. The molecule has 0 aromatic carbocycles. The Bertz CT molecular complexity index is 400. The molecular formula is C13H21NO6. The summed E-state index contributed by atoms with van der Waals surface area (Å²) in [6.07, 6.45) is -0.347. The third-order valence-electron chi connectivity index (χ3n) is 2.98. The van der Waals surface area contributed by atoms with Gasteiger partial charge < -0.3 is 14.6 Å². The van der Waals surface area contributed by atoms with Crippen LogP contribution in [0, 0.1) is 5.92 Å². The SMILES string of the molecule is COC(=O)C[C@H]1C[C@@H](C(=O)O)N(C(=O)OC(C)(C)C)C1. The Morgan fingerprint density at radius 3 is 2.35 bits per heavy atom. The molecule has 0 saturated carbocycles. The van der Waals surface area contributed by atoms with Crippen LogP contribution in [0.3, 0.4) is 0 Å². The molecule has 1 rings (SSSR count). The molecule has 1 fully saturated rings. The van der Waals surface area contributed by atoms with E-state index in [9.17, 15) is 19.5 Å². The number of likely N-dealkylation sites (tertiary alicyclic amines) is 1.